The van der Waals surface area contributed by atoms with Gasteiger partial charge in [-0.15, -0.1) is 0 Å². The maximum atomic E-state index is 12.4. The molecule has 36 heavy (non-hydrogen) atoms. The number of carbonyl (C=O) groups is 2. The molecule has 0 spiro atoms. The Kier molecular flexibility index (Phi) is 10.5. The van der Waals surface area contributed by atoms with Crippen LogP contribution in [0.3, 0.4) is 0 Å². The number of amides is 2. The van der Waals surface area contributed by atoms with Gasteiger partial charge in [-0.05, 0) is 37.5 Å². The van der Waals surface area contributed by atoms with E-state index in [2.05, 4.69) is 51.5 Å². The van der Waals surface area contributed by atoms with Crippen LogP contribution in [0.2, 0.25) is 10.0 Å². The zero-order chi connectivity index (χ0) is 25.5. The van der Waals surface area contributed by atoms with E-state index in [0.717, 1.165) is 45.0 Å². The molecule has 0 aromatic heterocycles. The Morgan fingerprint density at radius 2 is 1.75 bits per heavy atom. The van der Waals surface area contributed by atoms with Gasteiger partial charge in [-0.25, -0.2) is 3.11 Å². The minimum atomic E-state index is -0.0940. The molecule has 0 aliphatic carbocycles. The molecule has 3 aliphatic rings. The van der Waals surface area contributed by atoms with Gasteiger partial charge in [0.2, 0.25) is 11.8 Å². The van der Waals surface area contributed by atoms with E-state index in [9.17, 15) is 9.59 Å². The van der Waals surface area contributed by atoms with Crippen molar-refractivity contribution in [2.45, 2.75) is 38.1 Å². The number of nitrogens with zero attached hydrogens (tertiary/aromatic N) is 5. The van der Waals surface area contributed by atoms with Gasteiger partial charge in [0.25, 0.3) is 0 Å². The number of hydrogen-bond acceptors (Lipinski definition) is 7. The summed E-state index contributed by atoms with van der Waals surface area (Å²) in [5, 5.41) is 13.1. The second-order valence-electron chi connectivity index (χ2n) is 9.47. The highest BCUT2D eigenvalue weighted by molar-refractivity contribution is 14.1. The van der Waals surface area contributed by atoms with Crippen molar-refractivity contribution in [1.82, 2.24) is 23.5 Å². The number of benzene rings is 1. The van der Waals surface area contributed by atoms with Gasteiger partial charge < -0.3 is 10.6 Å². The third-order valence-corrected chi connectivity index (χ3v) is 8.59. The molecule has 1 aromatic carbocycles. The second kappa shape index (κ2) is 13.6. The summed E-state index contributed by atoms with van der Waals surface area (Å²) in [6, 6.07) is 6.03. The molecule has 1 aromatic rings. The number of piperazine rings is 1. The second-order valence-corrected chi connectivity index (χ2v) is 11.7. The van der Waals surface area contributed by atoms with Crippen LogP contribution in [0.1, 0.15) is 32.1 Å². The van der Waals surface area contributed by atoms with Crippen LogP contribution in [-0.2, 0) is 9.59 Å². The fourth-order valence-electron chi connectivity index (χ4n) is 4.82. The number of piperidine rings is 1. The molecule has 9 nitrogen and oxygen atoms in total. The molecular weight excluding hydrogens is 616 g/mol. The average Bonchev–Trinajstić information content (AvgIpc) is 3.33. The number of nitrogens with one attached hydrogen (secondary N) is 2. The highest BCUT2D eigenvalue weighted by atomic mass is 127. The van der Waals surface area contributed by atoms with Crippen molar-refractivity contribution in [3.05, 3.63) is 28.2 Å². The van der Waals surface area contributed by atoms with Gasteiger partial charge in [0, 0.05) is 94.1 Å². The van der Waals surface area contributed by atoms with Gasteiger partial charge >= 0.3 is 0 Å². The van der Waals surface area contributed by atoms with Gasteiger partial charge in [-0.2, -0.15) is 5.10 Å². The van der Waals surface area contributed by atoms with Gasteiger partial charge in [0.1, 0.15) is 5.84 Å². The van der Waals surface area contributed by atoms with Gasteiger partial charge in [0.05, 0.1) is 22.3 Å². The lowest BCUT2D eigenvalue weighted by molar-refractivity contribution is -0.123. The van der Waals surface area contributed by atoms with E-state index in [-0.39, 0.29) is 11.8 Å². The van der Waals surface area contributed by atoms with Crippen LogP contribution in [0, 0.1) is 0 Å². The summed E-state index contributed by atoms with van der Waals surface area (Å²) in [6.07, 6.45) is 4.04. The van der Waals surface area contributed by atoms with Crippen LogP contribution in [0.4, 0.5) is 5.69 Å². The molecular formula is C24H34Cl2IN7O2. The lowest BCUT2D eigenvalue weighted by atomic mass is 10.0. The molecule has 2 fully saturated rings. The number of carbonyl (C=O) groups excluding carboxylic acids is 2. The summed E-state index contributed by atoms with van der Waals surface area (Å²) >= 11 is 14.5. The zero-order valence-electron chi connectivity index (χ0n) is 20.4. The SMILES string of the molecule is O=C(CN1CCN(C2CCN(I)CC2)CC1)NCCCC(=O)NC1=NN(c2ccc(Cl)c(Cl)c2)CC1. The van der Waals surface area contributed by atoms with Crippen molar-refractivity contribution >= 4 is 69.4 Å². The number of halogens is 3. The highest BCUT2D eigenvalue weighted by Crippen LogP contribution is 2.28. The monoisotopic (exact) mass is 649 g/mol. The van der Waals surface area contributed by atoms with Crippen molar-refractivity contribution in [2.24, 2.45) is 5.10 Å². The Balaban J connectivity index is 1.08. The lowest BCUT2D eigenvalue weighted by Crippen LogP contribution is -2.54. The number of rotatable bonds is 8. The predicted molar refractivity (Wildman–Crippen MR) is 153 cm³/mol. The van der Waals surface area contributed by atoms with Crippen LogP contribution >= 0.6 is 46.1 Å². The van der Waals surface area contributed by atoms with Crippen LogP contribution in [0.15, 0.2) is 23.3 Å². The molecule has 2 N–H and O–H groups in total. The highest BCUT2D eigenvalue weighted by Gasteiger charge is 2.27. The number of amidine groups is 1. The van der Waals surface area contributed by atoms with Gasteiger partial charge in [-0.3, -0.25) is 24.4 Å². The van der Waals surface area contributed by atoms with E-state index in [1.54, 1.807) is 17.1 Å². The molecule has 0 radical (unpaired) electrons. The van der Waals surface area contributed by atoms with Gasteiger partial charge in [-0.1, -0.05) is 23.2 Å². The van der Waals surface area contributed by atoms with E-state index in [4.69, 9.17) is 23.2 Å². The molecule has 2 amide bonds. The summed E-state index contributed by atoms with van der Waals surface area (Å²) in [5.41, 5.74) is 0.833. The molecule has 2 saturated heterocycles. The lowest BCUT2D eigenvalue weighted by Gasteiger charge is -2.41. The molecule has 12 heteroatoms. The van der Waals surface area contributed by atoms with E-state index in [0.29, 0.717) is 60.8 Å². The van der Waals surface area contributed by atoms with E-state index in [1.807, 2.05) is 6.07 Å². The molecule has 4 rings (SSSR count). The first-order chi connectivity index (χ1) is 17.4. The van der Waals surface area contributed by atoms with Crippen LogP contribution in [0.5, 0.6) is 0 Å². The number of anilines is 1. The molecule has 0 atom stereocenters. The van der Waals surface area contributed by atoms with Crippen molar-refractivity contribution in [3.8, 4) is 0 Å². The topological polar surface area (TPSA) is 83.5 Å². The molecule has 0 unspecified atom stereocenters. The Morgan fingerprint density at radius 3 is 2.47 bits per heavy atom. The predicted octanol–water partition coefficient (Wildman–Crippen LogP) is 2.96. The molecule has 0 bridgehead atoms. The van der Waals surface area contributed by atoms with Crippen molar-refractivity contribution in [3.63, 3.8) is 0 Å². The fourth-order valence-corrected chi connectivity index (χ4v) is 5.67. The fraction of sp³-hybridized carbons (Fsp3) is 0.625. The summed E-state index contributed by atoms with van der Waals surface area (Å²) in [5.74, 6) is 0.567. The smallest absolute Gasteiger partial charge is 0.234 e. The van der Waals surface area contributed by atoms with E-state index >= 15 is 0 Å². The molecule has 0 saturated carbocycles. The van der Waals surface area contributed by atoms with Gasteiger partial charge in [0.15, 0.2) is 0 Å². The van der Waals surface area contributed by atoms with E-state index in [1.165, 1.54) is 12.8 Å². The van der Waals surface area contributed by atoms with Crippen LogP contribution < -0.4 is 15.6 Å². The first kappa shape index (κ1) is 27.8. The first-order valence-corrected chi connectivity index (χ1v) is 14.3. The van der Waals surface area contributed by atoms with Crippen molar-refractivity contribution in [2.75, 3.05) is 63.9 Å². The maximum Gasteiger partial charge on any atom is 0.234 e. The Morgan fingerprint density at radius 1 is 1.00 bits per heavy atom. The third kappa shape index (κ3) is 8.16. The zero-order valence-corrected chi connectivity index (χ0v) is 24.1. The number of hydrogen-bond donors (Lipinski definition) is 2. The Hall–Kier alpha value is -1.18. The quantitative estimate of drug-likeness (QED) is 0.256. The van der Waals surface area contributed by atoms with E-state index < -0.39 is 0 Å². The molecule has 198 valence electrons. The summed E-state index contributed by atoms with van der Waals surface area (Å²) in [6.45, 7) is 7.83. The summed E-state index contributed by atoms with van der Waals surface area (Å²) in [4.78, 5) is 29.5. The summed E-state index contributed by atoms with van der Waals surface area (Å²) in [7, 11) is 0. The third-order valence-electron chi connectivity index (χ3n) is 6.89. The normalized spacial score (nSPS) is 20.4. The minimum Gasteiger partial charge on any atom is -0.355 e. The van der Waals surface area contributed by atoms with Crippen molar-refractivity contribution < 1.29 is 9.59 Å². The number of hydrazone groups is 1. The largest absolute Gasteiger partial charge is 0.355 e. The molecule has 3 aliphatic heterocycles. The maximum absolute atomic E-state index is 12.4. The summed E-state index contributed by atoms with van der Waals surface area (Å²) < 4.78 is 2.37. The Labute approximate surface area is 237 Å². The standard InChI is InChI=1S/C24H34Cl2IN7O2/c25-20-4-3-19(16-21(20)26)34-11-7-22(30-34)29-23(35)2-1-8-28-24(36)17-31-12-14-32(15-13-31)18-5-9-33(27)10-6-18/h3-4,16,18H,1-2,5-15,17H2,(H,28,36)(H,29,30,35). The average molecular weight is 650 g/mol. The minimum absolute atomic E-state index is 0.0273. The van der Waals surface area contributed by atoms with Crippen molar-refractivity contribution in [1.29, 1.82) is 0 Å². The van der Waals surface area contributed by atoms with Crippen LogP contribution in [-0.4, -0.2) is 95.5 Å². The molecule has 3 heterocycles. The Bertz CT molecular complexity index is 950. The van der Waals surface area contributed by atoms with Crippen LogP contribution in [0.25, 0.3) is 0 Å². The first-order valence-electron chi connectivity index (χ1n) is 12.6.